The third-order valence-electron chi connectivity index (χ3n) is 2.00. The summed E-state index contributed by atoms with van der Waals surface area (Å²) in [6, 6.07) is 1.83. The molecule has 0 rings (SSSR count). The van der Waals surface area contributed by atoms with Gasteiger partial charge in [0, 0.05) is 20.8 Å². The highest BCUT2D eigenvalue weighted by Crippen LogP contribution is 2.18. The monoisotopic (exact) mass is 178 g/mol. The van der Waals surface area contributed by atoms with E-state index in [1.54, 1.807) is 14.2 Å². The summed E-state index contributed by atoms with van der Waals surface area (Å²) in [5, 5.41) is 8.63. The summed E-state index contributed by atoms with van der Waals surface area (Å²) in [5.41, 5.74) is 0. The zero-order valence-electron chi connectivity index (χ0n) is 7.59. The van der Waals surface area contributed by atoms with Crippen molar-refractivity contribution in [3.63, 3.8) is 0 Å². The molecule has 0 heterocycles. The molecule has 3 nitrogen and oxygen atoms in total. The van der Waals surface area contributed by atoms with Crippen LogP contribution in [0, 0.1) is 0 Å². The molecule has 0 saturated heterocycles. The minimum atomic E-state index is -1.90. The van der Waals surface area contributed by atoms with Crippen molar-refractivity contribution in [3.8, 4) is 0 Å². The first kappa shape index (κ1) is 11.1. The molecule has 0 saturated carbocycles. The van der Waals surface area contributed by atoms with Crippen molar-refractivity contribution in [1.29, 1.82) is 0 Å². The van der Waals surface area contributed by atoms with E-state index in [1.165, 1.54) is 0 Å². The van der Waals surface area contributed by atoms with Crippen molar-refractivity contribution in [2.45, 2.75) is 25.4 Å². The van der Waals surface area contributed by atoms with Crippen LogP contribution in [0.4, 0.5) is 0 Å². The molecule has 0 aromatic rings. The molecule has 0 spiro atoms. The van der Waals surface area contributed by atoms with Gasteiger partial charge >= 0.3 is 8.56 Å². The van der Waals surface area contributed by atoms with E-state index < -0.39 is 8.56 Å². The molecule has 11 heavy (non-hydrogen) atoms. The lowest BCUT2D eigenvalue weighted by Gasteiger charge is -2.25. The number of aliphatic hydroxyl groups is 1. The summed E-state index contributed by atoms with van der Waals surface area (Å²) >= 11 is 0. The lowest BCUT2D eigenvalue weighted by Crippen LogP contribution is -2.39. The van der Waals surface area contributed by atoms with Crippen LogP contribution in [-0.4, -0.2) is 34.5 Å². The largest absolute Gasteiger partial charge is 0.398 e. The molecule has 0 bridgehead atoms. The summed E-state index contributed by atoms with van der Waals surface area (Å²) in [5.74, 6) is 0. The van der Waals surface area contributed by atoms with Gasteiger partial charge in [0.15, 0.2) is 0 Å². The molecule has 0 aromatic heterocycles. The van der Waals surface area contributed by atoms with Gasteiger partial charge in [-0.15, -0.1) is 0 Å². The van der Waals surface area contributed by atoms with E-state index in [0.717, 1.165) is 18.5 Å². The maximum absolute atomic E-state index is 8.63. The summed E-state index contributed by atoms with van der Waals surface area (Å²) in [6.07, 6.45) is 0.780. The second-order valence-electron chi connectivity index (χ2n) is 2.50. The zero-order chi connectivity index (χ0) is 8.74. The standard InChI is InChI=1S/C7H18O3Si/c1-4-11(9-2,10-3)7-5-6-8/h8H,4-7H2,1-3H3. The molecule has 0 aromatic carbocycles. The summed E-state index contributed by atoms with van der Waals surface area (Å²) in [4.78, 5) is 0. The molecule has 0 amide bonds. The fourth-order valence-corrected chi connectivity index (χ4v) is 3.30. The van der Waals surface area contributed by atoms with Crippen LogP contribution >= 0.6 is 0 Å². The molecule has 0 atom stereocenters. The zero-order valence-corrected chi connectivity index (χ0v) is 8.59. The van der Waals surface area contributed by atoms with Gasteiger partial charge < -0.3 is 14.0 Å². The van der Waals surface area contributed by atoms with E-state index in [2.05, 4.69) is 6.92 Å². The van der Waals surface area contributed by atoms with Crippen molar-refractivity contribution < 1.29 is 14.0 Å². The molecule has 0 aliphatic heterocycles. The van der Waals surface area contributed by atoms with Crippen LogP contribution in [0.15, 0.2) is 0 Å². The van der Waals surface area contributed by atoms with Crippen LogP contribution in [0.5, 0.6) is 0 Å². The van der Waals surface area contributed by atoms with Crippen LogP contribution in [0.1, 0.15) is 13.3 Å². The van der Waals surface area contributed by atoms with Crippen molar-refractivity contribution in [1.82, 2.24) is 0 Å². The Morgan fingerprint density at radius 1 is 1.27 bits per heavy atom. The second-order valence-corrected chi connectivity index (χ2v) is 6.34. The fraction of sp³-hybridized carbons (Fsp3) is 1.00. The van der Waals surface area contributed by atoms with Crippen LogP contribution in [0.2, 0.25) is 12.1 Å². The van der Waals surface area contributed by atoms with Crippen molar-refractivity contribution in [2.75, 3.05) is 20.8 Å². The van der Waals surface area contributed by atoms with Gasteiger partial charge in [0.25, 0.3) is 0 Å². The highest BCUT2D eigenvalue weighted by atomic mass is 28.4. The third kappa shape index (κ3) is 3.33. The number of hydrogen-bond donors (Lipinski definition) is 1. The van der Waals surface area contributed by atoms with Gasteiger partial charge in [0.05, 0.1) is 0 Å². The molecule has 0 aliphatic carbocycles. The third-order valence-corrected chi connectivity index (χ3v) is 5.68. The van der Waals surface area contributed by atoms with Crippen LogP contribution in [0.3, 0.4) is 0 Å². The molecule has 1 N–H and O–H groups in total. The van der Waals surface area contributed by atoms with Crippen LogP contribution in [0.25, 0.3) is 0 Å². The molecule has 0 unspecified atom stereocenters. The molecular formula is C7H18O3Si. The first-order valence-corrected chi connectivity index (χ1v) is 6.19. The molecule has 4 heteroatoms. The first-order valence-electron chi connectivity index (χ1n) is 3.96. The quantitative estimate of drug-likeness (QED) is 0.620. The Balaban J connectivity index is 3.84. The van der Waals surface area contributed by atoms with E-state index in [1.807, 2.05) is 0 Å². The van der Waals surface area contributed by atoms with Gasteiger partial charge in [0.2, 0.25) is 0 Å². The lowest BCUT2D eigenvalue weighted by molar-refractivity contribution is 0.232. The predicted octanol–water partition coefficient (Wildman–Crippen LogP) is 1.12. The average Bonchev–Trinajstić information content (AvgIpc) is 2.08. The maximum atomic E-state index is 8.63. The molecule has 0 radical (unpaired) electrons. The van der Waals surface area contributed by atoms with Gasteiger partial charge in [-0.3, -0.25) is 0 Å². The van der Waals surface area contributed by atoms with E-state index >= 15 is 0 Å². The number of hydrogen-bond acceptors (Lipinski definition) is 3. The molecule has 68 valence electrons. The number of aliphatic hydroxyl groups excluding tert-OH is 1. The summed E-state index contributed by atoms with van der Waals surface area (Å²) < 4.78 is 10.7. The molecule has 0 fully saturated rings. The smallest absolute Gasteiger partial charge is 0.337 e. The summed E-state index contributed by atoms with van der Waals surface area (Å²) in [7, 11) is 1.48. The van der Waals surface area contributed by atoms with Gasteiger partial charge in [-0.2, -0.15) is 0 Å². The first-order chi connectivity index (χ1) is 5.24. The van der Waals surface area contributed by atoms with Crippen molar-refractivity contribution in [2.24, 2.45) is 0 Å². The highest BCUT2D eigenvalue weighted by Gasteiger charge is 2.31. The number of rotatable bonds is 6. The van der Waals surface area contributed by atoms with Gasteiger partial charge in [-0.05, 0) is 18.5 Å². The Kier molecular flexibility index (Phi) is 5.76. The molecule has 0 aliphatic rings. The minimum absolute atomic E-state index is 0.224. The Morgan fingerprint density at radius 3 is 2.09 bits per heavy atom. The minimum Gasteiger partial charge on any atom is -0.398 e. The van der Waals surface area contributed by atoms with E-state index in [0.29, 0.717) is 0 Å². The van der Waals surface area contributed by atoms with Crippen LogP contribution in [-0.2, 0) is 8.85 Å². The Morgan fingerprint density at radius 2 is 1.82 bits per heavy atom. The molecular weight excluding hydrogens is 160 g/mol. The maximum Gasteiger partial charge on any atom is 0.337 e. The Labute approximate surface area is 69.6 Å². The summed E-state index contributed by atoms with van der Waals surface area (Å²) in [6.45, 7) is 2.29. The normalized spacial score (nSPS) is 12.0. The van der Waals surface area contributed by atoms with Gasteiger partial charge in [-0.1, -0.05) is 6.92 Å². The van der Waals surface area contributed by atoms with Crippen molar-refractivity contribution in [3.05, 3.63) is 0 Å². The van der Waals surface area contributed by atoms with E-state index in [-0.39, 0.29) is 6.61 Å². The topological polar surface area (TPSA) is 38.7 Å². The second kappa shape index (κ2) is 5.71. The van der Waals surface area contributed by atoms with Gasteiger partial charge in [-0.25, -0.2) is 0 Å². The highest BCUT2D eigenvalue weighted by molar-refractivity contribution is 6.67. The Hall–Kier alpha value is 0.0969. The SMILES string of the molecule is CC[Si](CCCO)(OC)OC. The van der Waals surface area contributed by atoms with Crippen molar-refractivity contribution >= 4 is 8.56 Å². The predicted molar refractivity (Wildman–Crippen MR) is 46.8 cm³/mol. The van der Waals surface area contributed by atoms with E-state index in [9.17, 15) is 0 Å². The van der Waals surface area contributed by atoms with Gasteiger partial charge in [0.1, 0.15) is 0 Å². The van der Waals surface area contributed by atoms with E-state index in [4.69, 9.17) is 14.0 Å². The average molecular weight is 178 g/mol. The Bertz CT molecular complexity index is 85.4. The lowest BCUT2D eigenvalue weighted by atomic mass is 10.5. The fourth-order valence-electron chi connectivity index (χ4n) is 1.10. The van der Waals surface area contributed by atoms with Crippen LogP contribution < -0.4 is 0 Å².